The van der Waals surface area contributed by atoms with Crippen LogP contribution in [0.3, 0.4) is 0 Å². The lowest BCUT2D eigenvalue weighted by Gasteiger charge is -2.19. The van der Waals surface area contributed by atoms with Gasteiger partial charge in [0.05, 0.1) is 5.71 Å². The summed E-state index contributed by atoms with van der Waals surface area (Å²) in [4.78, 5) is 26.2. The Hall–Kier alpha value is -4.46. The van der Waals surface area contributed by atoms with Gasteiger partial charge in [-0.1, -0.05) is 60.2 Å². The molecule has 3 aromatic rings. The molecule has 8 heteroatoms. The van der Waals surface area contributed by atoms with Crippen LogP contribution in [-0.2, 0) is 11.2 Å². The fourth-order valence-corrected chi connectivity index (χ4v) is 3.49. The third-order valence-electron chi connectivity index (χ3n) is 5.33. The molecule has 0 aromatic heterocycles. The second-order valence-electron chi connectivity index (χ2n) is 8.20. The van der Waals surface area contributed by atoms with Gasteiger partial charge in [-0.3, -0.25) is 9.59 Å². The molecule has 0 aliphatic heterocycles. The second-order valence-corrected chi connectivity index (χ2v) is 8.20. The van der Waals surface area contributed by atoms with E-state index in [1.165, 1.54) is 0 Å². The van der Waals surface area contributed by atoms with E-state index in [4.69, 9.17) is 11.5 Å². The van der Waals surface area contributed by atoms with Gasteiger partial charge < -0.3 is 22.1 Å². The van der Waals surface area contributed by atoms with Crippen LogP contribution in [0.2, 0.25) is 0 Å². The Morgan fingerprint density at radius 3 is 2.31 bits per heavy atom. The number of nitrogens with zero attached hydrogens (tertiary/aromatic N) is 2. The third kappa shape index (κ3) is 7.82. The summed E-state index contributed by atoms with van der Waals surface area (Å²) in [6.07, 6.45) is 1.08. The molecule has 0 aliphatic carbocycles. The summed E-state index contributed by atoms with van der Waals surface area (Å²) in [6.45, 7) is 3.68. The quantitative estimate of drug-likeness (QED) is 0.217. The van der Waals surface area contributed by atoms with E-state index in [2.05, 4.69) is 20.8 Å². The molecular weight excluding hydrogens is 440 g/mol. The van der Waals surface area contributed by atoms with Crippen LogP contribution in [0, 0.1) is 6.92 Å². The lowest BCUT2D eigenvalue weighted by Crippen LogP contribution is -2.44. The highest BCUT2D eigenvalue weighted by Gasteiger charge is 2.22. The van der Waals surface area contributed by atoms with Gasteiger partial charge in [-0.2, -0.15) is 5.10 Å². The molecule has 3 aromatic carbocycles. The minimum atomic E-state index is -0.733. The molecule has 0 heterocycles. The summed E-state index contributed by atoms with van der Waals surface area (Å²) >= 11 is 0. The average Bonchev–Trinajstić information content (AvgIpc) is 2.85. The number of benzene rings is 3. The zero-order chi connectivity index (χ0) is 25.2. The molecule has 0 fully saturated rings. The Morgan fingerprint density at radius 2 is 1.60 bits per heavy atom. The Kier molecular flexibility index (Phi) is 8.72. The van der Waals surface area contributed by atoms with E-state index in [9.17, 15) is 9.59 Å². The third-order valence-corrected chi connectivity index (χ3v) is 5.33. The van der Waals surface area contributed by atoms with Crippen molar-refractivity contribution in [3.05, 3.63) is 101 Å². The van der Waals surface area contributed by atoms with Crippen LogP contribution in [0.15, 0.2) is 89.1 Å². The molecule has 0 aliphatic rings. The van der Waals surface area contributed by atoms with Gasteiger partial charge in [0.25, 0.3) is 5.91 Å². The molecule has 6 N–H and O–H groups in total. The summed E-state index contributed by atoms with van der Waals surface area (Å²) in [7, 11) is 0. The highest BCUT2D eigenvalue weighted by molar-refractivity contribution is 6.03. The minimum Gasteiger partial charge on any atom is -0.369 e. The van der Waals surface area contributed by atoms with E-state index in [1.807, 2.05) is 55.5 Å². The average molecular weight is 471 g/mol. The predicted octanol–water partition coefficient (Wildman–Crippen LogP) is 3.36. The fourth-order valence-electron chi connectivity index (χ4n) is 3.49. The number of hydrogen-bond donors (Lipinski definition) is 4. The molecular formula is C27H30N6O2. The van der Waals surface area contributed by atoms with Gasteiger partial charge in [-0.05, 0) is 62.1 Å². The number of guanidine groups is 1. The van der Waals surface area contributed by atoms with Crippen molar-refractivity contribution in [2.45, 2.75) is 32.7 Å². The molecule has 0 saturated carbocycles. The zero-order valence-electron chi connectivity index (χ0n) is 19.9. The van der Waals surface area contributed by atoms with Crippen LogP contribution in [-0.4, -0.2) is 29.5 Å². The summed E-state index contributed by atoms with van der Waals surface area (Å²) in [5, 5.41) is 13.5. The predicted molar refractivity (Wildman–Crippen MR) is 140 cm³/mol. The van der Waals surface area contributed by atoms with Crippen molar-refractivity contribution >= 4 is 29.2 Å². The van der Waals surface area contributed by atoms with E-state index in [0.29, 0.717) is 29.8 Å². The fraction of sp³-hybridized carbons (Fsp3) is 0.185. The molecule has 0 saturated heterocycles. The maximum Gasteiger partial charge on any atom is 0.251 e. The van der Waals surface area contributed by atoms with E-state index in [0.717, 1.165) is 16.7 Å². The molecule has 3 rings (SSSR count). The largest absolute Gasteiger partial charge is 0.369 e. The van der Waals surface area contributed by atoms with Crippen molar-refractivity contribution in [2.24, 2.45) is 21.7 Å². The van der Waals surface area contributed by atoms with Crippen LogP contribution in [0.25, 0.3) is 0 Å². The maximum atomic E-state index is 13.3. The van der Waals surface area contributed by atoms with Crippen molar-refractivity contribution in [2.75, 3.05) is 5.32 Å². The number of aryl methyl sites for hydroxylation is 2. The summed E-state index contributed by atoms with van der Waals surface area (Å²) < 4.78 is 0. The normalized spacial score (nSPS) is 11.9. The van der Waals surface area contributed by atoms with Crippen molar-refractivity contribution < 1.29 is 9.59 Å². The van der Waals surface area contributed by atoms with Gasteiger partial charge in [0.1, 0.15) is 6.04 Å². The molecule has 2 amide bonds. The van der Waals surface area contributed by atoms with E-state index >= 15 is 0 Å². The summed E-state index contributed by atoms with van der Waals surface area (Å²) in [5.74, 6) is -0.742. The minimum absolute atomic E-state index is 0.139. The van der Waals surface area contributed by atoms with Crippen LogP contribution in [0.5, 0.6) is 0 Å². The van der Waals surface area contributed by atoms with Crippen LogP contribution in [0.4, 0.5) is 5.69 Å². The standard InChI is InChI=1S/C27H30N6O2/c1-18-8-6-12-22(16-18)25(34)31-24(15-14-20-9-4-3-5-10-20)26(35)30-23-13-7-11-21(17-23)19(2)32-33-27(28)29/h3-13,16-17,24H,14-15H2,1-2H3,(H,30,35)(H,31,34)(H4,28,29,33)/b32-19+/t24-/m0/s1. The number of amides is 2. The lowest BCUT2D eigenvalue weighted by atomic mass is 10.0. The van der Waals surface area contributed by atoms with Crippen molar-refractivity contribution in [3.63, 3.8) is 0 Å². The number of nitrogens with two attached hydrogens (primary N) is 2. The van der Waals surface area contributed by atoms with Gasteiger partial charge in [-0.15, -0.1) is 5.10 Å². The molecule has 0 spiro atoms. The molecule has 0 unspecified atom stereocenters. The molecule has 8 nitrogen and oxygen atoms in total. The van der Waals surface area contributed by atoms with Gasteiger partial charge in [0.2, 0.25) is 11.9 Å². The second kappa shape index (κ2) is 12.1. The molecule has 35 heavy (non-hydrogen) atoms. The number of carbonyl (C=O) groups is 2. The maximum absolute atomic E-state index is 13.3. The zero-order valence-corrected chi connectivity index (χ0v) is 19.9. The topological polar surface area (TPSA) is 135 Å². The van der Waals surface area contributed by atoms with E-state index in [1.54, 1.807) is 37.3 Å². The Bertz CT molecular complexity index is 1230. The number of hydrogen-bond acceptors (Lipinski definition) is 4. The van der Waals surface area contributed by atoms with E-state index < -0.39 is 6.04 Å². The molecule has 0 bridgehead atoms. The Labute approximate surface area is 205 Å². The molecule has 0 radical (unpaired) electrons. The van der Waals surface area contributed by atoms with Crippen LogP contribution < -0.4 is 22.1 Å². The van der Waals surface area contributed by atoms with Gasteiger partial charge in [-0.25, -0.2) is 0 Å². The summed E-state index contributed by atoms with van der Waals surface area (Å²) in [5.41, 5.74) is 15.1. The van der Waals surface area contributed by atoms with Crippen molar-refractivity contribution in [1.29, 1.82) is 0 Å². The smallest absolute Gasteiger partial charge is 0.251 e. The number of nitrogens with one attached hydrogen (secondary N) is 2. The summed E-state index contributed by atoms with van der Waals surface area (Å²) in [6, 6.07) is 23.6. The Balaban J connectivity index is 1.78. The van der Waals surface area contributed by atoms with Crippen molar-refractivity contribution in [3.8, 4) is 0 Å². The van der Waals surface area contributed by atoms with Crippen LogP contribution in [0.1, 0.15) is 40.4 Å². The number of carbonyl (C=O) groups excluding carboxylic acids is 2. The first kappa shape index (κ1) is 25.2. The Morgan fingerprint density at radius 1 is 0.886 bits per heavy atom. The highest BCUT2D eigenvalue weighted by Crippen LogP contribution is 2.14. The number of rotatable bonds is 9. The molecule has 180 valence electrons. The first-order chi connectivity index (χ1) is 16.8. The number of anilines is 1. The lowest BCUT2D eigenvalue weighted by molar-refractivity contribution is -0.118. The monoisotopic (exact) mass is 470 g/mol. The highest BCUT2D eigenvalue weighted by atomic mass is 16.2. The van der Waals surface area contributed by atoms with Gasteiger partial charge in [0, 0.05) is 11.3 Å². The van der Waals surface area contributed by atoms with Crippen LogP contribution >= 0.6 is 0 Å². The first-order valence-electron chi connectivity index (χ1n) is 11.3. The van der Waals surface area contributed by atoms with E-state index in [-0.39, 0.29) is 17.8 Å². The van der Waals surface area contributed by atoms with Gasteiger partial charge in [0.15, 0.2) is 0 Å². The molecule has 1 atom stereocenters. The van der Waals surface area contributed by atoms with Crippen molar-refractivity contribution in [1.82, 2.24) is 5.32 Å². The van der Waals surface area contributed by atoms with Gasteiger partial charge >= 0.3 is 0 Å². The first-order valence-corrected chi connectivity index (χ1v) is 11.3. The SMILES string of the molecule is C/C(=N\N=C(N)N)c1cccc(NC(=O)[C@H](CCc2ccccc2)NC(=O)c2cccc(C)c2)c1.